The minimum atomic E-state index is -0.790. The SMILES string of the molecule is C[C@H](c1ccccc1)N(Cc1ccccc1)C(CC(=O)O)c1cccc(I)c1. The lowest BCUT2D eigenvalue weighted by Gasteiger charge is -2.37. The maximum atomic E-state index is 11.8. The van der Waals surface area contributed by atoms with Crippen molar-refractivity contribution in [1.29, 1.82) is 0 Å². The smallest absolute Gasteiger partial charge is 0.305 e. The van der Waals surface area contributed by atoms with Crippen molar-refractivity contribution in [3.63, 3.8) is 0 Å². The molecule has 0 bridgehead atoms. The summed E-state index contributed by atoms with van der Waals surface area (Å²) in [4.78, 5) is 14.1. The van der Waals surface area contributed by atoms with E-state index in [9.17, 15) is 9.90 Å². The zero-order chi connectivity index (χ0) is 19.9. The van der Waals surface area contributed by atoms with E-state index in [4.69, 9.17) is 0 Å². The number of carboxylic acids is 1. The molecule has 0 fully saturated rings. The highest BCUT2D eigenvalue weighted by Gasteiger charge is 2.28. The number of nitrogens with zero attached hydrogens (tertiary/aromatic N) is 1. The van der Waals surface area contributed by atoms with Gasteiger partial charge in [0.1, 0.15) is 0 Å². The lowest BCUT2D eigenvalue weighted by molar-refractivity contribution is -0.138. The zero-order valence-electron chi connectivity index (χ0n) is 15.8. The number of carboxylic acid groups (broad SMARTS) is 1. The van der Waals surface area contributed by atoms with Gasteiger partial charge in [0.05, 0.1) is 6.42 Å². The molecule has 0 radical (unpaired) electrons. The standard InChI is InChI=1S/C24H24INO2/c1-18(20-11-6-3-7-12-20)26(17-19-9-4-2-5-10-19)23(16-24(27)28)21-13-8-14-22(25)15-21/h2-15,18,23H,16-17H2,1H3,(H,27,28)/t18-,23?/m1/s1. The first-order valence-electron chi connectivity index (χ1n) is 9.36. The number of hydrogen-bond donors (Lipinski definition) is 1. The van der Waals surface area contributed by atoms with E-state index in [-0.39, 0.29) is 18.5 Å². The molecule has 144 valence electrons. The lowest BCUT2D eigenvalue weighted by Crippen LogP contribution is -2.32. The normalized spacial score (nSPS) is 13.2. The molecule has 0 heterocycles. The molecular formula is C24H24INO2. The van der Waals surface area contributed by atoms with Crippen LogP contribution < -0.4 is 0 Å². The average Bonchev–Trinajstić information content (AvgIpc) is 2.71. The van der Waals surface area contributed by atoms with Crippen molar-refractivity contribution in [2.45, 2.75) is 32.0 Å². The van der Waals surface area contributed by atoms with Crippen LogP contribution in [0.25, 0.3) is 0 Å². The number of benzene rings is 3. The maximum absolute atomic E-state index is 11.8. The topological polar surface area (TPSA) is 40.5 Å². The van der Waals surface area contributed by atoms with Crippen LogP contribution in [0.1, 0.15) is 42.1 Å². The second-order valence-corrected chi connectivity index (χ2v) is 8.16. The third-order valence-corrected chi connectivity index (χ3v) is 5.66. The molecule has 0 aromatic heterocycles. The highest BCUT2D eigenvalue weighted by Crippen LogP contribution is 2.35. The highest BCUT2D eigenvalue weighted by atomic mass is 127. The molecule has 0 amide bonds. The summed E-state index contributed by atoms with van der Waals surface area (Å²) in [6, 6.07) is 28.5. The van der Waals surface area contributed by atoms with Gasteiger partial charge in [-0.05, 0) is 58.3 Å². The monoisotopic (exact) mass is 485 g/mol. The summed E-state index contributed by atoms with van der Waals surface area (Å²) in [5, 5.41) is 9.65. The minimum Gasteiger partial charge on any atom is -0.481 e. The summed E-state index contributed by atoms with van der Waals surface area (Å²) in [6.07, 6.45) is 0.0596. The van der Waals surface area contributed by atoms with E-state index >= 15 is 0 Å². The molecule has 1 unspecified atom stereocenters. The van der Waals surface area contributed by atoms with E-state index in [0.717, 1.165) is 9.13 Å². The minimum absolute atomic E-state index is 0.0596. The first-order chi connectivity index (χ1) is 13.5. The molecule has 3 nitrogen and oxygen atoms in total. The Morgan fingerprint density at radius 1 is 0.929 bits per heavy atom. The van der Waals surface area contributed by atoms with Gasteiger partial charge in [0.15, 0.2) is 0 Å². The van der Waals surface area contributed by atoms with Gasteiger partial charge >= 0.3 is 5.97 Å². The number of aliphatic carboxylic acids is 1. The molecule has 0 aliphatic rings. The van der Waals surface area contributed by atoms with Gasteiger partial charge in [0.2, 0.25) is 0 Å². The number of hydrogen-bond acceptors (Lipinski definition) is 2. The summed E-state index contributed by atoms with van der Waals surface area (Å²) in [5.74, 6) is -0.790. The van der Waals surface area contributed by atoms with Gasteiger partial charge in [-0.3, -0.25) is 9.69 Å². The van der Waals surface area contributed by atoms with E-state index < -0.39 is 5.97 Å². The Bertz CT molecular complexity index is 899. The zero-order valence-corrected chi connectivity index (χ0v) is 18.0. The highest BCUT2D eigenvalue weighted by molar-refractivity contribution is 14.1. The number of carbonyl (C=O) groups is 1. The van der Waals surface area contributed by atoms with Crippen molar-refractivity contribution in [1.82, 2.24) is 4.90 Å². The fourth-order valence-corrected chi connectivity index (χ4v) is 4.11. The molecule has 3 rings (SSSR count). The van der Waals surface area contributed by atoms with Gasteiger partial charge < -0.3 is 5.11 Å². The van der Waals surface area contributed by atoms with Crippen molar-refractivity contribution in [2.24, 2.45) is 0 Å². The summed E-state index contributed by atoms with van der Waals surface area (Å²) < 4.78 is 1.11. The second-order valence-electron chi connectivity index (χ2n) is 6.91. The van der Waals surface area contributed by atoms with E-state index in [1.807, 2.05) is 54.6 Å². The van der Waals surface area contributed by atoms with Gasteiger partial charge in [-0.2, -0.15) is 0 Å². The summed E-state index contributed by atoms with van der Waals surface area (Å²) in [5.41, 5.74) is 3.39. The van der Waals surface area contributed by atoms with Crippen LogP contribution in [0.2, 0.25) is 0 Å². The molecule has 3 aromatic rings. The number of halogens is 1. The fourth-order valence-electron chi connectivity index (χ4n) is 3.54. The molecule has 0 saturated carbocycles. The molecule has 0 aliphatic heterocycles. The van der Waals surface area contributed by atoms with Crippen LogP contribution >= 0.6 is 22.6 Å². The van der Waals surface area contributed by atoms with Crippen LogP contribution in [0.15, 0.2) is 84.9 Å². The van der Waals surface area contributed by atoms with Crippen LogP contribution in [0, 0.1) is 3.57 Å². The van der Waals surface area contributed by atoms with E-state index in [1.165, 1.54) is 11.1 Å². The Hall–Kier alpha value is -2.18. The first-order valence-corrected chi connectivity index (χ1v) is 10.4. The molecule has 4 heteroatoms. The summed E-state index contributed by atoms with van der Waals surface area (Å²) in [6.45, 7) is 2.83. The van der Waals surface area contributed by atoms with Gasteiger partial charge in [-0.15, -0.1) is 0 Å². The quantitative estimate of drug-likeness (QED) is 0.394. The largest absolute Gasteiger partial charge is 0.481 e. The molecule has 0 spiro atoms. The van der Waals surface area contributed by atoms with Gasteiger partial charge in [0.25, 0.3) is 0 Å². The van der Waals surface area contributed by atoms with Gasteiger partial charge in [0, 0.05) is 22.2 Å². The average molecular weight is 485 g/mol. The van der Waals surface area contributed by atoms with Crippen LogP contribution in [-0.2, 0) is 11.3 Å². The predicted octanol–water partition coefficient (Wildman–Crippen LogP) is 6.07. The molecule has 2 atom stereocenters. The fraction of sp³-hybridized carbons (Fsp3) is 0.208. The van der Waals surface area contributed by atoms with Crippen LogP contribution in [0.5, 0.6) is 0 Å². The van der Waals surface area contributed by atoms with Crippen molar-refractivity contribution in [3.05, 3.63) is 105 Å². The van der Waals surface area contributed by atoms with E-state index in [2.05, 4.69) is 64.7 Å². The molecule has 0 saturated heterocycles. The Kier molecular flexibility index (Phi) is 7.23. The van der Waals surface area contributed by atoms with Crippen molar-refractivity contribution >= 4 is 28.6 Å². The third kappa shape index (κ3) is 5.42. The number of rotatable bonds is 8. The Morgan fingerprint density at radius 2 is 1.54 bits per heavy atom. The van der Waals surface area contributed by atoms with Crippen LogP contribution in [0.3, 0.4) is 0 Å². The second kappa shape index (κ2) is 9.85. The molecule has 0 aliphatic carbocycles. The summed E-state index contributed by atoms with van der Waals surface area (Å²) in [7, 11) is 0. The molecular weight excluding hydrogens is 461 g/mol. The van der Waals surface area contributed by atoms with Crippen molar-refractivity contribution < 1.29 is 9.90 Å². The molecule has 1 N–H and O–H groups in total. The van der Waals surface area contributed by atoms with Crippen LogP contribution in [-0.4, -0.2) is 16.0 Å². The maximum Gasteiger partial charge on any atom is 0.305 e. The Morgan fingerprint density at radius 3 is 2.14 bits per heavy atom. The van der Waals surface area contributed by atoms with Gasteiger partial charge in [-0.25, -0.2) is 0 Å². The first kappa shape index (κ1) is 20.6. The van der Waals surface area contributed by atoms with Crippen molar-refractivity contribution in [2.75, 3.05) is 0 Å². The van der Waals surface area contributed by atoms with Gasteiger partial charge in [-0.1, -0.05) is 72.8 Å². The third-order valence-electron chi connectivity index (χ3n) is 4.99. The summed E-state index contributed by atoms with van der Waals surface area (Å²) >= 11 is 2.28. The predicted molar refractivity (Wildman–Crippen MR) is 121 cm³/mol. The Balaban J connectivity index is 2.03. The van der Waals surface area contributed by atoms with Crippen molar-refractivity contribution in [3.8, 4) is 0 Å². The molecule has 3 aromatic carbocycles. The lowest BCUT2D eigenvalue weighted by atomic mass is 9.96. The van der Waals surface area contributed by atoms with E-state index in [0.29, 0.717) is 6.54 Å². The Labute approximate surface area is 180 Å². The molecule has 28 heavy (non-hydrogen) atoms. The van der Waals surface area contributed by atoms with Crippen LogP contribution in [0.4, 0.5) is 0 Å². The van der Waals surface area contributed by atoms with E-state index in [1.54, 1.807) is 0 Å².